The molecule has 0 fully saturated rings. The van der Waals surface area contributed by atoms with Gasteiger partial charge >= 0.3 is 11.9 Å². The molecule has 24 heavy (non-hydrogen) atoms. The molecular formula is C16H13N3O5. The van der Waals surface area contributed by atoms with E-state index in [1.165, 1.54) is 19.1 Å². The van der Waals surface area contributed by atoms with Crippen molar-refractivity contribution >= 4 is 11.9 Å². The molecule has 0 unspecified atom stereocenters. The fraction of sp³-hybridized carbons (Fsp3) is 0.188. The number of aromatic carboxylic acids is 1. The van der Waals surface area contributed by atoms with Crippen molar-refractivity contribution in [2.75, 3.05) is 6.61 Å². The van der Waals surface area contributed by atoms with E-state index < -0.39 is 23.2 Å². The highest BCUT2D eigenvalue weighted by Crippen LogP contribution is 2.15. The number of nitriles is 1. The quantitative estimate of drug-likeness (QED) is 0.839. The predicted molar refractivity (Wildman–Crippen MR) is 82.2 cm³/mol. The Bertz CT molecular complexity index is 924. The molecule has 0 bridgehead atoms. The van der Waals surface area contributed by atoms with Crippen LogP contribution in [0.3, 0.4) is 0 Å². The Kier molecular flexibility index (Phi) is 4.75. The number of ether oxygens (including phenoxy) is 1. The first-order chi connectivity index (χ1) is 11.4. The lowest BCUT2D eigenvalue weighted by molar-refractivity contribution is 0.0526. The summed E-state index contributed by atoms with van der Waals surface area (Å²) in [4.78, 5) is 35.8. The van der Waals surface area contributed by atoms with Crippen LogP contribution in [0, 0.1) is 18.3 Å². The Morgan fingerprint density at radius 1 is 1.38 bits per heavy atom. The number of carboxylic acid groups (broad SMARTS) is 1. The second-order valence-corrected chi connectivity index (χ2v) is 4.72. The summed E-state index contributed by atoms with van der Waals surface area (Å²) in [6, 6.07) is 7.66. The van der Waals surface area contributed by atoms with E-state index in [1.54, 1.807) is 25.1 Å². The summed E-state index contributed by atoms with van der Waals surface area (Å²) in [5, 5.41) is 22.2. The van der Waals surface area contributed by atoms with Gasteiger partial charge in [-0.3, -0.25) is 4.79 Å². The van der Waals surface area contributed by atoms with Crippen molar-refractivity contribution in [3.05, 3.63) is 57.0 Å². The summed E-state index contributed by atoms with van der Waals surface area (Å²) in [5.74, 6) is -2.07. The predicted octanol–water partition coefficient (Wildman–Crippen LogP) is 1.29. The van der Waals surface area contributed by atoms with E-state index in [4.69, 9.17) is 10.00 Å². The maximum Gasteiger partial charge on any atom is 0.356 e. The van der Waals surface area contributed by atoms with Crippen molar-refractivity contribution in [2.45, 2.75) is 13.8 Å². The van der Waals surface area contributed by atoms with Crippen molar-refractivity contribution in [1.29, 1.82) is 5.26 Å². The van der Waals surface area contributed by atoms with Crippen LogP contribution in [0.15, 0.2) is 29.1 Å². The average Bonchev–Trinajstić information content (AvgIpc) is 2.55. The van der Waals surface area contributed by atoms with Gasteiger partial charge in [0.15, 0.2) is 5.69 Å². The fourth-order valence-corrected chi connectivity index (χ4v) is 2.14. The van der Waals surface area contributed by atoms with E-state index in [0.29, 0.717) is 0 Å². The lowest BCUT2D eigenvalue weighted by atomic mass is 10.1. The van der Waals surface area contributed by atoms with Gasteiger partial charge in [-0.15, -0.1) is 0 Å². The number of carbonyl (C=O) groups is 2. The smallest absolute Gasteiger partial charge is 0.356 e. The third-order valence-corrected chi connectivity index (χ3v) is 3.28. The molecule has 1 aromatic carbocycles. The van der Waals surface area contributed by atoms with Crippen LogP contribution in [0.5, 0.6) is 0 Å². The summed E-state index contributed by atoms with van der Waals surface area (Å²) < 4.78 is 5.66. The number of benzene rings is 1. The van der Waals surface area contributed by atoms with E-state index in [-0.39, 0.29) is 29.0 Å². The van der Waals surface area contributed by atoms with Gasteiger partial charge in [0, 0.05) is 5.56 Å². The van der Waals surface area contributed by atoms with Crippen LogP contribution in [0.25, 0.3) is 5.69 Å². The third kappa shape index (κ3) is 2.87. The number of hydrogen-bond acceptors (Lipinski definition) is 6. The van der Waals surface area contributed by atoms with Crippen LogP contribution in [0.1, 0.15) is 38.9 Å². The lowest BCUT2D eigenvalue weighted by Crippen LogP contribution is -2.29. The van der Waals surface area contributed by atoms with Gasteiger partial charge in [-0.25, -0.2) is 9.59 Å². The van der Waals surface area contributed by atoms with Crippen molar-refractivity contribution in [2.24, 2.45) is 0 Å². The van der Waals surface area contributed by atoms with Crippen molar-refractivity contribution in [3.8, 4) is 11.8 Å². The molecule has 0 aliphatic heterocycles. The van der Waals surface area contributed by atoms with Gasteiger partial charge in [-0.05, 0) is 26.0 Å². The van der Waals surface area contributed by atoms with Crippen LogP contribution in [-0.4, -0.2) is 33.4 Å². The van der Waals surface area contributed by atoms with Gasteiger partial charge in [0.1, 0.15) is 11.6 Å². The van der Waals surface area contributed by atoms with E-state index in [9.17, 15) is 19.5 Å². The standard InChI is InChI=1S/C16H13N3O5/c1-3-24-16(23)10-6-4-5-7-12(10)19-14(20)11(8-17)9(2)13(18-19)15(21)22/h4-7H,3H2,1-2H3,(H,21,22). The van der Waals surface area contributed by atoms with Crippen LogP contribution < -0.4 is 5.56 Å². The SMILES string of the molecule is CCOC(=O)c1ccccc1-n1nc(C(=O)O)c(C)c(C#N)c1=O. The minimum absolute atomic E-state index is 0.0279. The molecule has 8 nitrogen and oxygen atoms in total. The molecule has 2 rings (SSSR count). The zero-order chi connectivity index (χ0) is 17.9. The van der Waals surface area contributed by atoms with Crippen molar-refractivity contribution in [1.82, 2.24) is 9.78 Å². The first-order valence-electron chi connectivity index (χ1n) is 6.96. The summed E-state index contributed by atoms with van der Waals surface area (Å²) in [7, 11) is 0. The Labute approximate surface area is 136 Å². The molecule has 0 aliphatic carbocycles. The maximum atomic E-state index is 12.5. The molecule has 0 amide bonds. The highest BCUT2D eigenvalue weighted by atomic mass is 16.5. The summed E-state index contributed by atoms with van der Waals surface area (Å²) >= 11 is 0. The number of para-hydroxylation sites is 1. The van der Waals surface area contributed by atoms with Gasteiger partial charge in [0.25, 0.3) is 5.56 Å². The van der Waals surface area contributed by atoms with Crippen molar-refractivity contribution in [3.63, 3.8) is 0 Å². The zero-order valence-electron chi connectivity index (χ0n) is 12.9. The van der Waals surface area contributed by atoms with Crippen LogP contribution in [0.2, 0.25) is 0 Å². The lowest BCUT2D eigenvalue weighted by Gasteiger charge is -2.12. The summed E-state index contributed by atoms with van der Waals surface area (Å²) in [6.07, 6.45) is 0. The van der Waals surface area contributed by atoms with Gasteiger partial charge < -0.3 is 9.84 Å². The number of carbonyl (C=O) groups excluding carboxylic acids is 1. The molecule has 1 heterocycles. The first-order valence-corrected chi connectivity index (χ1v) is 6.96. The molecule has 0 saturated carbocycles. The van der Waals surface area contributed by atoms with Gasteiger partial charge in [0.2, 0.25) is 0 Å². The molecule has 1 aromatic heterocycles. The number of carboxylic acids is 1. The number of esters is 1. The summed E-state index contributed by atoms with van der Waals surface area (Å²) in [6.45, 7) is 3.10. The molecule has 1 N–H and O–H groups in total. The molecule has 0 radical (unpaired) electrons. The Hall–Kier alpha value is -3.47. The van der Waals surface area contributed by atoms with Crippen molar-refractivity contribution < 1.29 is 19.4 Å². The molecule has 0 aliphatic rings. The average molecular weight is 327 g/mol. The second kappa shape index (κ2) is 6.75. The minimum Gasteiger partial charge on any atom is -0.476 e. The largest absolute Gasteiger partial charge is 0.476 e. The highest BCUT2D eigenvalue weighted by Gasteiger charge is 2.22. The highest BCUT2D eigenvalue weighted by molar-refractivity contribution is 5.93. The second-order valence-electron chi connectivity index (χ2n) is 4.72. The maximum absolute atomic E-state index is 12.5. The Balaban J connectivity index is 2.82. The zero-order valence-corrected chi connectivity index (χ0v) is 12.9. The molecule has 2 aromatic rings. The molecule has 0 saturated heterocycles. The number of aromatic nitrogens is 2. The molecule has 0 atom stereocenters. The Morgan fingerprint density at radius 3 is 2.62 bits per heavy atom. The van der Waals surface area contributed by atoms with Gasteiger partial charge in [-0.1, -0.05) is 12.1 Å². The molecular weight excluding hydrogens is 314 g/mol. The van der Waals surface area contributed by atoms with E-state index in [2.05, 4.69) is 5.10 Å². The fourth-order valence-electron chi connectivity index (χ4n) is 2.14. The number of hydrogen-bond donors (Lipinski definition) is 1. The Morgan fingerprint density at radius 2 is 2.04 bits per heavy atom. The number of nitrogens with zero attached hydrogens (tertiary/aromatic N) is 3. The minimum atomic E-state index is -1.38. The van der Waals surface area contributed by atoms with Crippen LogP contribution in [-0.2, 0) is 4.74 Å². The topological polar surface area (TPSA) is 122 Å². The van der Waals surface area contributed by atoms with Crippen LogP contribution >= 0.6 is 0 Å². The van der Waals surface area contributed by atoms with E-state index >= 15 is 0 Å². The normalized spacial score (nSPS) is 10.0. The van der Waals surface area contributed by atoms with Gasteiger partial charge in [0.05, 0.1) is 17.9 Å². The third-order valence-electron chi connectivity index (χ3n) is 3.28. The van der Waals surface area contributed by atoms with Crippen LogP contribution in [0.4, 0.5) is 0 Å². The monoisotopic (exact) mass is 327 g/mol. The van der Waals surface area contributed by atoms with Gasteiger partial charge in [-0.2, -0.15) is 15.0 Å². The molecule has 122 valence electrons. The molecule has 8 heteroatoms. The van der Waals surface area contributed by atoms with E-state index in [1.807, 2.05) is 0 Å². The first kappa shape index (κ1) is 16.9. The molecule has 0 spiro atoms. The van der Waals surface area contributed by atoms with E-state index in [0.717, 1.165) is 4.68 Å². The number of rotatable bonds is 4. The summed E-state index contributed by atoms with van der Waals surface area (Å²) in [5.41, 5.74) is -1.54.